The second-order valence-corrected chi connectivity index (χ2v) is 7.82. The van der Waals surface area contributed by atoms with Gasteiger partial charge in [-0.3, -0.25) is 0 Å². The molecule has 7 nitrogen and oxygen atoms in total. The molecule has 0 saturated heterocycles. The van der Waals surface area contributed by atoms with Crippen LogP contribution in [-0.4, -0.2) is 35.5 Å². The highest BCUT2D eigenvalue weighted by Gasteiger charge is 2.35. The van der Waals surface area contributed by atoms with Crippen LogP contribution in [-0.2, 0) is 14.8 Å². The van der Waals surface area contributed by atoms with Crippen molar-refractivity contribution in [3.05, 3.63) is 17.8 Å². The summed E-state index contributed by atoms with van der Waals surface area (Å²) in [5.74, 6) is 0.268. The van der Waals surface area contributed by atoms with E-state index < -0.39 is 23.4 Å². The molecule has 1 aromatic heterocycles. The minimum Gasteiger partial charge on any atom is -0.493 e. The zero-order valence-corrected chi connectivity index (χ0v) is 17.3. The van der Waals surface area contributed by atoms with Gasteiger partial charge in [-0.2, -0.15) is 4.90 Å². The van der Waals surface area contributed by atoms with Crippen LogP contribution in [0.4, 0.5) is 15.4 Å². The van der Waals surface area contributed by atoms with Crippen molar-refractivity contribution in [2.45, 2.75) is 58.1 Å². The van der Waals surface area contributed by atoms with Crippen LogP contribution in [0.25, 0.3) is 0 Å². The summed E-state index contributed by atoms with van der Waals surface area (Å²) >= 11 is 3.30. The second kappa shape index (κ2) is 8.03. The quantitative estimate of drug-likeness (QED) is 0.666. The lowest BCUT2D eigenvalue weighted by Gasteiger charge is -2.28. The van der Waals surface area contributed by atoms with E-state index in [9.17, 15) is 9.59 Å². The summed E-state index contributed by atoms with van der Waals surface area (Å²) < 4.78 is 15.9. The molecule has 2 amide bonds. The van der Waals surface area contributed by atoms with Crippen molar-refractivity contribution in [2.24, 2.45) is 0 Å². The van der Waals surface area contributed by atoms with Gasteiger partial charge < -0.3 is 14.2 Å². The molecule has 0 radical (unpaired) electrons. The first kappa shape index (κ1) is 21.2. The summed E-state index contributed by atoms with van der Waals surface area (Å²) in [4.78, 5) is 30.4. The Balaban J connectivity index is 3.40. The first-order chi connectivity index (χ1) is 11.4. The van der Waals surface area contributed by atoms with Crippen molar-refractivity contribution < 1.29 is 23.8 Å². The second-order valence-electron chi connectivity index (χ2n) is 7.26. The predicted octanol–water partition coefficient (Wildman–Crippen LogP) is 4.66. The summed E-state index contributed by atoms with van der Waals surface area (Å²) in [6.45, 7) is 10.2. The lowest BCUT2D eigenvalue weighted by molar-refractivity contribution is 0.0427. The number of halogens is 1. The van der Waals surface area contributed by atoms with Gasteiger partial charge in [0, 0.05) is 5.33 Å². The molecule has 1 heterocycles. The maximum absolute atomic E-state index is 12.6. The van der Waals surface area contributed by atoms with E-state index in [1.165, 1.54) is 7.11 Å². The topological polar surface area (TPSA) is 78.0 Å². The molecule has 0 unspecified atom stereocenters. The third-order valence-electron chi connectivity index (χ3n) is 2.62. The molecular formula is C17H25BrN2O5. The lowest BCUT2D eigenvalue weighted by atomic mass is 10.2. The number of imide groups is 1. The lowest BCUT2D eigenvalue weighted by Crippen LogP contribution is -2.44. The van der Waals surface area contributed by atoms with Crippen LogP contribution in [0.5, 0.6) is 5.75 Å². The Morgan fingerprint density at radius 2 is 1.52 bits per heavy atom. The third-order valence-corrected chi connectivity index (χ3v) is 3.19. The molecule has 0 spiro atoms. The number of aromatic nitrogens is 1. The van der Waals surface area contributed by atoms with Crippen molar-refractivity contribution in [2.75, 3.05) is 12.0 Å². The van der Waals surface area contributed by atoms with Crippen LogP contribution < -0.4 is 9.64 Å². The highest BCUT2D eigenvalue weighted by atomic mass is 79.9. The van der Waals surface area contributed by atoms with Gasteiger partial charge in [-0.1, -0.05) is 15.9 Å². The van der Waals surface area contributed by atoms with Gasteiger partial charge >= 0.3 is 12.2 Å². The number of hydrogen-bond acceptors (Lipinski definition) is 6. The normalized spacial score (nSPS) is 11.7. The van der Waals surface area contributed by atoms with Crippen LogP contribution in [0.1, 0.15) is 47.2 Å². The van der Waals surface area contributed by atoms with Gasteiger partial charge in [-0.05, 0) is 53.7 Å². The molecule has 1 rings (SSSR count). The van der Waals surface area contributed by atoms with Crippen molar-refractivity contribution in [3.8, 4) is 5.75 Å². The standard InChI is InChI=1S/C17H25BrN2O5/c1-16(2,3)24-14(21)20(15(22)25-17(4,5)6)13-12(23-7)9-8-11(10-18)19-13/h8-9H,10H2,1-7H3. The SMILES string of the molecule is COc1ccc(CBr)nc1N(C(=O)OC(C)(C)C)C(=O)OC(C)(C)C. The number of methoxy groups -OCH3 is 1. The number of nitrogens with zero attached hydrogens (tertiary/aromatic N) is 2. The molecule has 0 N–H and O–H groups in total. The van der Waals surface area contributed by atoms with Crippen LogP contribution in [0.2, 0.25) is 0 Å². The number of ether oxygens (including phenoxy) is 3. The Morgan fingerprint density at radius 1 is 1.04 bits per heavy atom. The van der Waals surface area contributed by atoms with Gasteiger partial charge in [-0.25, -0.2) is 14.6 Å². The molecule has 0 aliphatic heterocycles. The zero-order valence-electron chi connectivity index (χ0n) is 15.7. The highest BCUT2D eigenvalue weighted by molar-refractivity contribution is 9.08. The van der Waals surface area contributed by atoms with Gasteiger partial charge in [0.15, 0.2) is 11.6 Å². The number of alkyl halides is 1. The summed E-state index contributed by atoms with van der Waals surface area (Å²) in [5.41, 5.74) is -0.970. The molecule has 0 fully saturated rings. The molecule has 0 aromatic carbocycles. The van der Waals surface area contributed by atoms with Gasteiger partial charge in [-0.15, -0.1) is 0 Å². The number of carbonyl (C=O) groups excluding carboxylic acids is 2. The van der Waals surface area contributed by atoms with Gasteiger partial charge in [0.2, 0.25) is 0 Å². The largest absolute Gasteiger partial charge is 0.493 e. The Labute approximate surface area is 156 Å². The van der Waals surface area contributed by atoms with Crippen LogP contribution >= 0.6 is 15.9 Å². The Morgan fingerprint density at radius 3 is 1.88 bits per heavy atom. The average molecular weight is 417 g/mol. The molecular weight excluding hydrogens is 392 g/mol. The Kier molecular flexibility index (Phi) is 6.82. The summed E-state index contributed by atoms with van der Waals surface area (Å²) in [5, 5.41) is 0.445. The number of amides is 2. The van der Waals surface area contributed by atoms with Crippen molar-refractivity contribution in [1.82, 2.24) is 4.98 Å². The molecule has 25 heavy (non-hydrogen) atoms. The van der Waals surface area contributed by atoms with E-state index in [1.807, 2.05) is 0 Å². The van der Waals surface area contributed by atoms with Gasteiger partial charge in [0.25, 0.3) is 0 Å². The van der Waals surface area contributed by atoms with Crippen LogP contribution in [0, 0.1) is 0 Å². The number of hydrogen-bond donors (Lipinski definition) is 0. The minimum atomic E-state index is -0.890. The molecule has 0 bridgehead atoms. The fourth-order valence-corrected chi connectivity index (χ4v) is 2.04. The summed E-state index contributed by atoms with van der Waals surface area (Å²) in [6, 6.07) is 3.35. The molecule has 0 saturated carbocycles. The molecule has 0 aliphatic rings. The van der Waals surface area contributed by atoms with E-state index in [4.69, 9.17) is 14.2 Å². The number of rotatable bonds is 3. The van der Waals surface area contributed by atoms with Gasteiger partial charge in [0.1, 0.15) is 11.2 Å². The molecule has 1 aromatic rings. The maximum atomic E-state index is 12.6. The van der Waals surface area contributed by atoms with E-state index >= 15 is 0 Å². The fourth-order valence-electron chi connectivity index (χ4n) is 1.73. The van der Waals surface area contributed by atoms with Gasteiger partial charge in [0.05, 0.1) is 12.8 Å². The average Bonchev–Trinajstić information content (AvgIpc) is 2.43. The Hall–Kier alpha value is -1.83. The monoisotopic (exact) mass is 416 g/mol. The van der Waals surface area contributed by atoms with Crippen molar-refractivity contribution >= 4 is 33.9 Å². The smallest absolute Gasteiger partial charge is 0.425 e. The van der Waals surface area contributed by atoms with E-state index in [0.29, 0.717) is 11.0 Å². The zero-order chi connectivity index (χ0) is 19.4. The first-order valence-corrected chi connectivity index (χ1v) is 8.86. The van der Waals surface area contributed by atoms with Crippen LogP contribution in [0.3, 0.4) is 0 Å². The van der Waals surface area contributed by atoms with E-state index in [1.54, 1.807) is 53.7 Å². The molecule has 0 aliphatic carbocycles. The number of anilines is 1. The van der Waals surface area contributed by atoms with E-state index in [0.717, 1.165) is 4.90 Å². The van der Waals surface area contributed by atoms with Crippen LogP contribution in [0.15, 0.2) is 12.1 Å². The fraction of sp³-hybridized carbons (Fsp3) is 0.588. The molecule has 140 valence electrons. The first-order valence-electron chi connectivity index (χ1n) is 7.74. The van der Waals surface area contributed by atoms with E-state index in [2.05, 4.69) is 20.9 Å². The summed E-state index contributed by atoms with van der Waals surface area (Å²) in [6.07, 6.45) is -1.78. The Bertz CT molecular complexity index is 607. The third kappa shape index (κ3) is 6.53. The van der Waals surface area contributed by atoms with Crippen molar-refractivity contribution in [1.29, 1.82) is 0 Å². The number of pyridine rings is 1. The molecule has 8 heteroatoms. The predicted molar refractivity (Wildman–Crippen MR) is 98.4 cm³/mol. The van der Waals surface area contributed by atoms with Crippen molar-refractivity contribution in [3.63, 3.8) is 0 Å². The number of carbonyl (C=O) groups is 2. The minimum absolute atomic E-state index is 0.0166. The highest BCUT2D eigenvalue weighted by Crippen LogP contribution is 2.29. The molecule has 0 atom stereocenters. The van der Waals surface area contributed by atoms with E-state index in [-0.39, 0.29) is 11.6 Å². The summed E-state index contributed by atoms with van der Waals surface area (Å²) in [7, 11) is 1.43. The maximum Gasteiger partial charge on any atom is 0.425 e.